The maximum Gasteiger partial charge on any atom is 0.315 e. The van der Waals surface area contributed by atoms with Crippen LogP contribution in [0.2, 0.25) is 0 Å². The molecule has 0 bridgehead atoms. The summed E-state index contributed by atoms with van der Waals surface area (Å²) in [5.41, 5.74) is 3.12. The van der Waals surface area contributed by atoms with Crippen molar-refractivity contribution in [1.82, 2.24) is 4.57 Å². The Balaban J connectivity index is 1.81. The average Bonchev–Trinajstić information content (AvgIpc) is 3.27. The van der Waals surface area contributed by atoms with Crippen molar-refractivity contribution in [2.24, 2.45) is 4.99 Å². The molecule has 0 spiro atoms. The number of fused-ring (bicyclic) bond motifs is 2. The first kappa shape index (κ1) is 18.1. The summed E-state index contributed by atoms with van der Waals surface area (Å²) in [5.74, 6) is 0.901. The van der Waals surface area contributed by atoms with Gasteiger partial charge in [0.15, 0.2) is 10.6 Å². The maximum absolute atomic E-state index is 12.7. The first-order chi connectivity index (χ1) is 13.2. The molecule has 0 fully saturated rings. The monoisotopic (exact) mass is 396 g/mol. The molecule has 6 heteroatoms. The number of rotatable bonds is 5. The number of amides is 1. The highest BCUT2D eigenvalue weighted by atomic mass is 32.2. The number of carbonyl (C=O) groups excluding carboxylic acids is 1. The molecule has 0 N–H and O–H groups in total. The zero-order chi connectivity index (χ0) is 18.8. The zero-order valence-corrected chi connectivity index (χ0v) is 16.9. The third kappa shape index (κ3) is 3.59. The third-order valence-electron chi connectivity index (χ3n) is 4.51. The molecule has 0 atom stereocenters. The molecule has 2 aromatic carbocycles. The standard InChI is InChI=1S/C21H20N2O2S2/c1-3-14-8-9-16-19(12-14)27-21(23(16)10-11-26-2)22-20(24)18-13-15-6-4-5-7-17(15)25-18/h4-9,12-13H,3,10-11H2,1-2H3. The highest BCUT2D eigenvalue weighted by Gasteiger charge is 2.13. The number of hydrogen-bond donors (Lipinski definition) is 0. The van der Waals surface area contributed by atoms with Crippen LogP contribution in [0.1, 0.15) is 23.0 Å². The van der Waals surface area contributed by atoms with Crippen LogP contribution in [0, 0.1) is 0 Å². The van der Waals surface area contributed by atoms with Crippen LogP contribution in [0.3, 0.4) is 0 Å². The SMILES string of the molecule is CCc1ccc2c(c1)sc(=NC(=O)c1cc3ccccc3o1)n2CCSC. The molecule has 0 saturated carbocycles. The summed E-state index contributed by atoms with van der Waals surface area (Å²) >= 11 is 3.34. The molecule has 0 aliphatic heterocycles. The van der Waals surface area contributed by atoms with E-state index in [2.05, 4.69) is 40.9 Å². The van der Waals surface area contributed by atoms with E-state index in [0.29, 0.717) is 5.58 Å². The van der Waals surface area contributed by atoms with Gasteiger partial charge in [-0.2, -0.15) is 16.8 Å². The molecule has 4 aromatic rings. The van der Waals surface area contributed by atoms with Gasteiger partial charge in [-0.1, -0.05) is 42.5 Å². The minimum atomic E-state index is -0.341. The van der Waals surface area contributed by atoms with Gasteiger partial charge in [0.05, 0.1) is 10.2 Å². The predicted octanol–water partition coefficient (Wildman–Crippen LogP) is 5.12. The molecule has 0 aliphatic rings. The molecular weight excluding hydrogens is 376 g/mol. The minimum absolute atomic E-state index is 0.277. The molecule has 0 unspecified atom stereocenters. The lowest BCUT2D eigenvalue weighted by Crippen LogP contribution is -2.18. The number of aromatic nitrogens is 1. The number of thioether (sulfide) groups is 1. The molecule has 0 saturated heterocycles. The van der Waals surface area contributed by atoms with Crippen LogP contribution in [0.5, 0.6) is 0 Å². The second kappa shape index (κ2) is 7.74. The van der Waals surface area contributed by atoms with E-state index in [4.69, 9.17) is 4.42 Å². The normalized spacial score (nSPS) is 12.3. The summed E-state index contributed by atoms with van der Waals surface area (Å²) in [6.07, 6.45) is 3.07. The van der Waals surface area contributed by atoms with Crippen LogP contribution in [0.4, 0.5) is 0 Å². The molecule has 27 heavy (non-hydrogen) atoms. The Kier molecular flexibility index (Phi) is 5.18. The molecule has 4 nitrogen and oxygen atoms in total. The maximum atomic E-state index is 12.7. The summed E-state index contributed by atoms with van der Waals surface area (Å²) in [5, 5.41) is 0.912. The lowest BCUT2D eigenvalue weighted by Gasteiger charge is -2.04. The quantitative estimate of drug-likeness (QED) is 0.471. The summed E-state index contributed by atoms with van der Waals surface area (Å²) < 4.78 is 8.98. The molecule has 138 valence electrons. The van der Waals surface area contributed by atoms with E-state index in [0.717, 1.165) is 39.1 Å². The fourth-order valence-corrected chi connectivity index (χ4v) is 4.53. The lowest BCUT2D eigenvalue weighted by molar-refractivity contribution is 0.0973. The fraction of sp³-hybridized carbons (Fsp3) is 0.238. The van der Waals surface area contributed by atoms with Crippen LogP contribution in [0.15, 0.2) is 57.9 Å². The average molecular weight is 397 g/mol. The Morgan fingerprint density at radius 1 is 1.22 bits per heavy atom. The zero-order valence-electron chi connectivity index (χ0n) is 15.3. The second-order valence-corrected chi connectivity index (χ2v) is 8.24. The number of aryl methyl sites for hydroxylation is 2. The Bertz CT molecular complexity index is 1150. The Hall–Kier alpha value is -2.31. The third-order valence-corrected chi connectivity index (χ3v) is 6.14. The molecule has 1 amide bonds. The van der Waals surface area contributed by atoms with Gasteiger partial charge in [-0.25, -0.2) is 0 Å². The van der Waals surface area contributed by atoms with E-state index in [9.17, 15) is 4.79 Å². The van der Waals surface area contributed by atoms with Gasteiger partial charge in [0.1, 0.15) is 5.58 Å². The molecule has 2 heterocycles. The van der Waals surface area contributed by atoms with Crippen LogP contribution >= 0.6 is 23.1 Å². The highest BCUT2D eigenvalue weighted by Crippen LogP contribution is 2.22. The van der Waals surface area contributed by atoms with E-state index in [1.807, 2.05) is 24.3 Å². The van der Waals surface area contributed by atoms with E-state index in [-0.39, 0.29) is 11.7 Å². The Morgan fingerprint density at radius 2 is 2.07 bits per heavy atom. The number of benzene rings is 2. The fourth-order valence-electron chi connectivity index (χ4n) is 3.05. The van der Waals surface area contributed by atoms with Crippen LogP contribution in [0.25, 0.3) is 21.2 Å². The number of nitrogens with zero attached hydrogens (tertiary/aromatic N) is 2. The first-order valence-electron chi connectivity index (χ1n) is 8.88. The first-order valence-corrected chi connectivity index (χ1v) is 11.1. The number of carbonyl (C=O) groups is 1. The number of para-hydroxylation sites is 1. The van der Waals surface area contributed by atoms with Crippen molar-refractivity contribution in [2.45, 2.75) is 19.9 Å². The number of furan rings is 1. The molecular formula is C21H20N2O2S2. The van der Waals surface area contributed by atoms with Crippen molar-refractivity contribution in [3.63, 3.8) is 0 Å². The van der Waals surface area contributed by atoms with Crippen LogP contribution < -0.4 is 4.80 Å². The van der Waals surface area contributed by atoms with Gasteiger partial charge in [-0.3, -0.25) is 4.79 Å². The summed E-state index contributed by atoms with van der Waals surface area (Å²) in [6, 6.07) is 15.8. The largest absolute Gasteiger partial charge is 0.451 e. The van der Waals surface area contributed by atoms with E-state index in [1.54, 1.807) is 29.2 Å². The molecule has 2 aromatic heterocycles. The van der Waals surface area contributed by atoms with Crippen molar-refractivity contribution in [3.05, 3.63) is 64.7 Å². The van der Waals surface area contributed by atoms with Gasteiger partial charge >= 0.3 is 5.91 Å². The van der Waals surface area contributed by atoms with E-state index >= 15 is 0 Å². The van der Waals surface area contributed by atoms with Gasteiger partial charge in [0.25, 0.3) is 0 Å². The smallest absolute Gasteiger partial charge is 0.315 e. The van der Waals surface area contributed by atoms with Crippen LogP contribution in [-0.4, -0.2) is 22.5 Å². The second-order valence-electron chi connectivity index (χ2n) is 6.25. The highest BCUT2D eigenvalue weighted by molar-refractivity contribution is 7.98. The topological polar surface area (TPSA) is 47.5 Å². The van der Waals surface area contributed by atoms with Crippen molar-refractivity contribution >= 4 is 50.2 Å². The Morgan fingerprint density at radius 3 is 2.85 bits per heavy atom. The predicted molar refractivity (Wildman–Crippen MR) is 114 cm³/mol. The van der Waals surface area contributed by atoms with Gasteiger partial charge in [0.2, 0.25) is 0 Å². The summed E-state index contributed by atoms with van der Waals surface area (Å²) in [4.78, 5) is 17.9. The van der Waals surface area contributed by atoms with Gasteiger partial charge in [-0.15, -0.1) is 0 Å². The van der Waals surface area contributed by atoms with Crippen LogP contribution in [-0.2, 0) is 13.0 Å². The van der Waals surface area contributed by atoms with Gasteiger partial charge in [0, 0.05) is 17.7 Å². The van der Waals surface area contributed by atoms with Gasteiger partial charge < -0.3 is 8.98 Å². The lowest BCUT2D eigenvalue weighted by atomic mass is 10.2. The summed E-state index contributed by atoms with van der Waals surface area (Å²) in [7, 11) is 0. The summed E-state index contributed by atoms with van der Waals surface area (Å²) in [6.45, 7) is 2.96. The molecule has 0 radical (unpaired) electrons. The van der Waals surface area contributed by atoms with Gasteiger partial charge in [-0.05, 0) is 42.5 Å². The minimum Gasteiger partial charge on any atom is -0.451 e. The van der Waals surface area contributed by atoms with E-state index < -0.39 is 0 Å². The van der Waals surface area contributed by atoms with Crippen molar-refractivity contribution in [3.8, 4) is 0 Å². The van der Waals surface area contributed by atoms with Crippen molar-refractivity contribution in [2.75, 3.05) is 12.0 Å². The van der Waals surface area contributed by atoms with Crippen molar-refractivity contribution in [1.29, 1.82) is 0 Å². The number of thiazole rings is 1. The Labute approximate surface area is 165 Å². The number of hydrogen-bond acceptors (Lipinski definition) is 4. The molecule has 4 rings (SSSR count). The van der Waals surface area contributed by atoms with Crippen molar-refractivity contribution < 1.29 is 9.21 Å². The molecule has 0 aliphatic carbocycles. The van der Waals surface area contributed by atoms with E-state index in [1.165, 1.54) is 5.56 Å².